The largest absolute Gasteiger partial charge is 0.326 e. The van der Waals surface area contributed by atoms with Gasteiger partial charge in [0.2, 0.25) is 15.9 Å². The van der Waals surface area contributed by atoms with E-state index in [2.05, 4.69) is 5.32 Å². The molecule has 5 nitrogen and oxygen atoms in total. The minimum atomic E-state index is -3.47. The lowest BCUT2D eigenvalue weighted by Crippen LogP contribution is -2.27. The Bertz CT molecular complexity index is 848. The Morgan fingerprint density at radius 2 is 1.77 bits per heavy atom. The summed E-state index contributed by atoms with van der Waals surface area (Å²) in [6.45, 7) is 1.13. The lowest BCUT2D eigenvalue weighted by Gasteiger charge is -2.16. The topological polar surface area (TPSA) is 66.5 Å². The Morgan fingerprint density at radius 3 is 2.50 bits per heavy atom. The zero-order valence-corrected chi connectivity index (χ0v) is 16.1. The summed E-state index contributed by atoms with van der Waals surface area (Å²) in [6, 6.07) is 16.4. The molecule has 1 aliphatic heterocycles. The molecule has 1 amide bonds. The van der Waals surface area contributed by atoms with Crippen molar-refractivity contribution in [1.82, 2.24) is 4.31 Å². The summed E-state index contributed by atoms with van der Waals surface area (Å²) >= 11 is 1.62. The van der Waals surface area contributed by atoms with E-state index in [0.717, 1.165) is 17.7 Å². The molecule has 0 unspecified atom stereocenters. The van der Waals surface area contributed by atoms with Crippen LogP contribution in [0.4, 0.5) is 5.69 Å². The smallest absolute Gasteiger partial charge is 0.243 e. The number of nitrogens with one attached hydrogen (secondary N) is 1. The van der Waals surface area contributed by atoms with Crippen molar-refractivity contribution >= 4 is 33.4 Å². The molecule has 0 saturated carbocycles. The average molecular weight is 391 g/mol. The quantitative estimate of drug-likeness (QED) is 0.734. The third-order valence-electron chi connectivity index (χ3n) is 4.16. The summed E-state index contributed by atoms with van der Waals surface area (Å²) < 4.78 is 26.7. The van der Waals surface area contributed by atoms with Gasteiger partial charge in [0, 0.05) is 35.8 Å². The van der Waals surface area contributed by atoms with Crippen LogP contribution in [0, 0.1) is 0 Å². The molecule has 0 aliphatic carbocycles. The summed E-state index contributed by atoms with van der Waals surface area (Å²) in [5.74, 6) is 0.547. The van der Waals surface area contributed by atoms with Crippen LogP contribution in [0.3, 0.4) is 0 Å². The molecule has 0 radical (unpaired) electrons. The maximum Gasteiger partial charge on any atom is 0.243 e. The predicted molar refractivity (Wildman–Crippen MR) is 105 cm³/mol. The molecule has 0 bridgehead atoms. The SMILES string of the molecule is O=C(CCSc1ccccc1)Nc1cccc(S(=O)(=O)N2CCCC2)c1. The molecule has 3 rings (SSSR count). The van der Waals surface area contributed by atoms with Gasteiger partial charge in [0.25, 0.3) is 0 Å². The minimum absolute atomic E-state index is 0.121. The molecular weight excluding hydrogens is 368 g/mol. The van der Waals surface area contributed by atoms with Crippen molar-refractivity contribution in [3.8, 4) is 0 Å². The Morgan fingerprint density at radius 1 is 1.04 bits per heavy atom. The highest BCUT2D eigenvalue weighted by molar-refractivity contribution is 7.99. The van der Waals surface area contributed by atoms with Gasteiger partial charge in [-0.25, -0.2) is 8.42 Å². The summed E-state index contributed by atoms with van der Waals surface area (Å²) in [6.07, 6.45) is 2.16. The molecule has 2 aromatic rings. The van der Waals surface area contributed by atoms with Crippen molar-refractivity contribution in [3.63, 3.8) is 0 Å². The van der Waals surface area contributed by atoms with Gasteiger partial charge >= 0.3 is 0 Å². The number of thioether (sulfide) groups is 1. The zero-order valence-electron chi connectivity index (χ0n) is 14.4. The van der Waals surface area contributed by atoms with Crippen LogP contribution in [0.15, 0.2) is 64.4 Å². The van der Waals surface area contributed by atoms with Gasteiger partial charge in [-0.2, -0.15) is 4.31 Å². The fourth-order valence-corrected chi connectivity index (χ4v) is 5.25. The second-order valence-electron chi connectivity index (χ2n) is 6.10. The molecule has 0 atom stereocenters. The Hall–Kier alpha value is -1.83. The lowest BCUT2D eigenvalue weighted by atomic mass is 10.3. The monoisotopic (exact) mass is 390 g/mol. The molecule has 138 valence electrons. The van der Waals surface area contributed by atoms with Crippen LogP contribution < -0.4 is 5.32 Å². The number of nitrogens with zero attached hydrogens (tertiary/aromatic N) is 1. The predicted octanol–water partition coefficient (Wildman–Crippen LogP) is 3.59. The molecule has 1 heterocycles. The van der Waals surface area contributed by atoms with Crippen LogP contribution >= 0.6 is 11.8 Å². The van der Waals surface area contributed by atoms with Crippen LogP contribution in [-0.4, -0.2) is 37.5 Å². The van der Waals surface area contributed by atoms with Crippen molar-refractivity contribution in [3.05, 3.63) is 54.6 Å². The number of rotatable bonds is 7. The van der Waals surface area contributed by atoms with Crippen molar-refractivity contribution in [2.45, 2.75) is 29.1 Å². The second-order valence-corrected chi connectivity index (χ2v) is 9.20. The number of amides is 1. The first kappa shape index (κ1) is 18.9. The summed E-state index contributed by atoms with van der Waals surface area (Å²) in [4.78, 5) is 13.5. The van der Waals surface area contributed by atoms with Gasteiger partial charge in [-0.1, -0.05) is 24.3 Å². The zero-order chi connectivity index (χ0) is 18.4. The summed E-state index contributed by atoms with van der Waals surface area (Å²) in [5.41, 5.74) is 0.514. The Kier molecular flexibility index (Phi) is 6.34. The number of sulfonamides is 1. The molecule has 1 aliphatic rings. The second kappa shape index (κ2) is 8.70. The first-order valence-electron chi connectivity index (χ1n) is 8.64. The third-order valence-corrected chi connectivity index (χ3v) is 7.07. The fourth-order valence-electron chi connectivity index (χ4n) is 2.81. The molecule has 1 N–H and O–H groups in total. The van der Waals surface area contributed by atoms with E-state index in [1.54, 1.807) is 30.0 Å². The molecule has 1 fully saturated rings. The molecule has 26 heavy (non-hydrogen) atoms. The number of anilines is 1. The van der Waals surface area contributed by atoms with E-state index in [1.807, 2.05) is 30.3 Å². The molecule has 2 aromatic carbocycles. The van der Waals surface area contributed by atoms with Gasteiger partial charge in [0.15, 0.2) is 0 Å². The lowest BCUT2D eigenvalue weighted by molar-refractivity contribution is -0.115. The Balaban J connectivity index is 1.57. The van der Waals surface area contributed by atoms with Crippen LogP contribution in [0.2, 0.25) is 0 Å². The number of benzene rings is 2. The van der Waals surface area contributed by atoms with E-state index < -0.39 is 10.0 Å². The molecule has 0 spiro atoms. The minimum Gasteiger partial charge on any atom is -0.326 e. The highest BCUT2D eigenvalue weighted by atomic mass is 32.2. The first-order chi connectivity index (χ1) is 12.6. The molecule has 7 heteroatoms. The van der Waals surface area contributed by atoms with Gasteiger partial charge in [0.05, 0.1) is 4.90 Å². The fraction of sp³-hybridized carbons (Fsp3) is 0.316. The number of carbonyl (C=O) groups excluding carboxylic acids is 1. The van der Waals surface area contributed by atoms with Crippen molar-refractivity contribution < 1.29 is 13.2 Å². The standard InChI is InChI=1S/C19H22N2O3S2/c22-19(11-14-25-17-8-2-1-3-9-17)20-16-7-6-10-18(15-16)26(23,24)21-12-4-5-13-21/h1-3,6-10,15H,4-5,11-14H2,(H,20,22). The highest BCUT2D eigenvalue weighted by Gasteiger charge is 2.27. The van der Waals surface area contributed by atoms with Crippen LogP contribution in [-0.2, 0) is 14.8 Å². The van der Waals surface area contributed by atoms with Crippen molar-refractivity contribution in [2.24, 2.45) is 0 Å². The van der Waals surface area contributed by atoms with E-state index >= 15 is 0 Å². The van der Waals surface area contributed by atoms with E-state index in [1.165, 1.54) is 10.4 Å². The van der Waals surface area contributed by atoms with Crippen LogP contribution in [0.5, 0.6) is 0 Å². The van der Waals surface area contributed by atoms with Crippen LogP contribution in [0.1, 0.15) is 19.3 Å². The maximum atomic E-state index is 12.6. The van der Waals surface area contributed by atoms with Gasteiger partial charge in [-0.15, -0.1) is 11.8 Å². The molecule has 0 aromatic heterocycles. The van der Waals surface area contributed by atoms with E-state index in [9.17, 15) is 13.2 Å². The summed E-state index contributed by atoms with van der Waals surface area (Å²) in [5, 5.41) is 2.80. The van der Waals surface area contributed by atoms with Gasteiger partial charge in [-0.05, 0) is 43.2 Å². The maximum absolute atomic E-state index is 12.6. The normalized spacial score (nSPS) is 15.1. The van der Waals surface area contributed by atoms with Gasteiger partial charge in [0.1, 0.15) is 0 Å². The average Bonchev–Trinajstić information content (AvgIpc) is 3.18. The van der Waals surface area contributed by atoms with E-state index in [4.69, 9.17) is 0 Å². The van der Waals surface area contributed by atoms with Crippen molar-refractivity contribution in [1.29, 1.82) is 0 Å². The first-order valence-corrected chi connectivity index (χ1v) is 11.1. The number of carbonyl (C=O) groups is 1. The van der Waals surface area contributed by atoms with Crippen molar-refractivity contribution in [2.75, 3.05) is 24.2 Å². The molecule has 1 saturated heterocycles. The third kappa shape index (κ3) is 4.87. The summed E-state index contributed by atoms with van der Waals surface area (Å²) in [7, 11) is -3.47. The highest BCUT2D eigenvalue weighted by Crippen LogP contribution is 2.23. The Labute approximate surface area is 158 Å². The van der Waals surface area contributed by atoms with E-state index in [-0.39, 0.29) is 10.8 Å². The van der Waals surface area contributed by atoms with Gasteiger partial charge in [-0.3, -0.25) is 4.79 Å². The number of hydrogen-bond donors (Lipinski definition) is 1. The number of hydrogen-bond acceptors (Lipinski definition) is 4. The van der Waals surface area contributed by atoms with E-state index in [0.29, 0.717) is 31.0 Å². The van der Waals surface area contributed by atoms with Gasteiger partial charge < -0.3 is 5.32 Å². The molecular formula is C19H22N2O3S2. The van der Waals surface area contributed by atoms with Crippen LogP contribution in [0.25, 0.3) is 0 Å².